The highest BCUT2D eigenvalue weighted by Gasteiger charge is 2.32. The normalized spacial score (nSPS) is 15.8. The maximum Gasteiger partial charge on any atom is 0.268 e. The van der Waals surface area contributed by atoms with Crippen LogP contribution >= 0.6 is 0 Å². The molecule has 160 valence electrons. The third kappa shape index (κ3) is 4.37. The van der Waals surface area contributed by atoms with Crippen molar-refractivity contribution in [3.05, 3.63) is 29.7 Å². The van der Waals surface area contributed by atoms with Gasteiger partial charge in [-0.25, -0.2) is 8.42 Å². The minimum absolute atomic E-state index is 0.0191. The van der Waals surface area contributed by atoms with Gasteiger partial charge in [0, 0.05) is 32.3 Å². The Labute approximate surface area is 171 Å². The lowest BCUT2D eigenvalue weighted by atomic mass is 10.0. The largest absolute Gasteiger partial charge is 0.345 e. The minimum atomic E-state index is -3.64. The van der Waals surface area contributed by atoms with Gasteiger partial charge in [0.05, 0.1) is 0 Å². The first-order chi connectivity index (χ1) is 13.7. The summed E-state index contributed by atoms with van der Waals surface area (Å²) in [5, 5.41) is 6.95. The third-order valence-electron chi connectivity index (χ3n) is 5.17. The van der Waals surface area contributed by atoms with E-state index in [0.717, 1.165) is 12.8 Å². The zero-order valence-corrected chi connectivity index (χ0v) is 18.4. The fourth-order valence-corrected chi connectivity index (χ4v) is 4.75. The summed E-state index contributed by atoms with van der Waals surface area (Å²) in [6.45, 7) is 8.20. The number of hydrogen-bond acceptors (Lipinski definition) is 6. The lowest BCUT2D eigenvalue weighted by molar-refractivity contribution is 0.0905. The summed E-state index contributed by atoms with van der Waals surface area (Å²) < 4.78 is 33.8. The molecule has 2 aromatic rings. The van der Waals surface area contributed by atoms with Gasteiger partial charge in [0.15, 0.2) is 5.82 Å². The summed E-state index contributed by atoms with van der Waals surface area (Å²) in [7, 11) is -1.99. The number of sulfonamides is 1. The summed E-state index contributed by atoms with van der Waals surface area (Å²) >= 11 is 0. The molecule has 1 fully saturated rings. The van der Waals surface area contributed by atoms with Crippen LogP contribution in [0.25, 0.3) is 0 Å². The third-order valence-corrected chi connectivity index (χ3v) is 7.19. The van der Waals surface area contributed by atoms with Crippen molar-refractivity contribution in [3.63, 3.8) is 0 Å². The number of nitrogens with zero attached hydrogens (tertiary/aromatic N) is 4. The van der Waals surface area contributed by atoms with Crippen LogP contribution < -0.4 is 5.32 Å². The van der Waals surface area contributed by atoms with Crippen LogP contribution in [0.3, 0.4) is 0 Å². The van der Waals surface area contributed by atoms with E-state index in [4.69, 9.17) is 4.52 Å². The second-order valence-corrected chi connectivity index (χ2v) is 9.66. The first kappa shape index (κ1) is 21.5. The maximum absolute atomic E-state index is 12.9. The minimum Gasteiger partial charge on any atom is -0.345 e. The summed E-state index contributed by atoms with van der Waals surface area (Å²) in [6.07, 6.45) is 3.58. The molecule has 1 atom stereocenters. The zero-order valence-electron chi connectivity index (χ0n) is 17.5. The Morgan fingerprint density at radius 1 is 1.34 bits per heavy atom. The number of rotatable bonds is 9. The molecule has 1 aliphatic rings. The van der Waals surface area contributed by atoms with E-state index in [9.17, 15) is 13.2 Å². The monoisotopic (exact) mass is 423 g/mol. The molecule has 29 heavy (non-hydrogen) atoms. The topological polar surface area (TPSA) is 110 Å². The van der Waals surface area contributed by atoms with Crippen molar-refractivity contribution in [1.82, 2.24) is 24.3 Å². The highest BCUT2D eigenvalue weighted by Crippen LogP contribution is 2.38. The van der Waals surface area contributed by atoms with E-state index < -0.39 is 22.0 Å². The predicted molar refractivity (Wildman–Crippen MR) is 107 cm³/mol. The summed E-state index contributed by atoms with van der Waals surface area (Å²) in [5.74, 6) is 1.05. The molecule has 3 rings (SSSR count). The second-order valence-electron chi connectivity index (χ2n) is 7.72. The second kappa shape index (κ2) is 8.27. The Kier molecular flexibility index (Phi) is 6.13. The molecule has 0 aromatic carbocycles. The molecule has 1 aliphatic carbocycles. The Balaban J connectivity index is 1.82. The van der Waals surface area contributed by atoms with Crippen molar-refractivity contribution in [2.24, 2.45) is 13.0 Å². The van der Waals surface area contributed by atoms with Crippen molar-refractivity contribution >= 4 is 15.9 Å². The van der Waals surface area contributed by atoms with Crippen LogP contribution in [-0.4, -0.2) is 46.4 Å². The van der Waals surface area contributed by atoms with Crippen LogP contribution in [0.1, 0.15) is 74.7 Å². The molecule has 0 spiro atoms. The molecular weight excluding hydrogens is 394 g/mol. The summed E-state index contributed by atoms with van der Waals surface area (Å²) in [4.78, 5) is 17.5. The molecule has 0 radical (unpaired) electrons. The maximum atomic E-state index is 12.9. The van der Waals surface area contributed by atoms with E-state index in [0.29, 0.717) is 30.7 Å². The first-order valence-corrected chi connectivity index (χ1v) is 11.4. The molecule has 0 saturated heterocycles. The Hall–Kier alpha value is -2.20. The van der Waals surface area contributed by atoms with Gasteiger partial charge < -0.3 is 14.4 Å². The number of hydrogen-bond donors (Lipinski definition) is 1. The van der Waals surface area contributed by atoms with Gasteiger partial charge in [0.2, 0.25) is 15.9 Å². The van der Waals surface area contributed by atoms with E-state index in [2.05, 4.69) is 15.5 Å². The van der Waals surface area contributed by atoms with E-state index in [1.807, 2.05) is 13.8 Å². The van der Waals surface area contributed by atoms with Gasteiger partial charge in [-0.15, -0.1) is 0 Å². The van der Waals surface area contributed by atoms with Crippen molar-refractivity contribution in [2.75, 3.05) is 13.1 Å². The van der Waals surface area contributed by atoms with Crippen molar-refractivity contribution < 1.29 is 17.7 Å². The molecule has 10 heteroatoms. The SMILES string of the molecule is CCN(CC)S(=O)(=O)c1cc(C(=O)NC(c2nc(C3CC3)no2)C(C)C)n(C)c1. The van der Waals surface area contributed by atoms with Gasteiger partial charge in [-0.1, -0.05) is 32.9 Å². The molecule has 1 amide bonds. The lowest BCUT2D eigenvalue weighted by Gasteiger charge is -2.18. The van der Waals surface area contributed by atoms with Gasteiger partial charge in [-0.3, -0.25) is 4.79 Å². The molecule has 0 bridgehead atoms. The number of carbonyl (C=O) groups is 1. The fraction of sp³-hybridized carbons (Fsp3) is 0.632. The van der Waals surface area contributed by atoms with Gasteiger partial charge in [0.25, 0.3) is 5.91 Å². The molecule has 1 saturated carbocycles. The Bertz CT molecular complexity index is 971. The van der Waals surface area contributed by atoms with Crippen molar-refractivity contribution in [3.8, 4) is 0 Å². The molecular formula is C19H29N5O4S. The Morgan fingerprint density at radius 2 is 2.00 bits per heavy atom. The zero-order chi connectivity index (χ0) is 21.3. The molecule has 1 unspecified atom stereocenters. The van der Waals surface area contributed by atoms with Crippen molar-refractivity contribution in [2.45, 2.75) is 57.4 Å². The standard InChI is InChI=1S/C19H29N5O4S/c1-6-24(7-2)29(26,27)14-10-15(23(5)11-14)18(25)20-16(12(3)4)19-21-17(22-28-19)13-8-9-13/h10-13,16H,6-9H2,1-5H3,(H,20,25). The highest BCUT2D eigenvalue weighted by atomic mass is 32.2. The van der Waals surface area contributed by atoms with Crippen LogP contribution in [0.4, 0.5) is 0 Å². The van der Waals surface area contributed by atoms with E-state index in [1.165, 1.54) is 21.1 Å². The van der Waals surface area contributed by atoms with E-state index in [1.54, 1.807) is 20.9 Å². The van der Waals surface area contributed by atoms with Crippen LogP contribution in [0.5, 0.6) is 0 Å². The van der Waals surface area contributed by atoms with Crippen molar-refractivity contribution in [1.29, 1.82) is 0 Å². The van der Waals surface area contributed by atoms with Crippen LogP contribution in [0.15, 0.2) is 21.7 Å². The average Bonchev–Trinajstić information content (AvgIpc) is 3.26. The van der Waals surface area contributed by atoms with Gasteiger partial charge >= 0.3 is 0 Å². The Morgan fingerprint density at radius 3 is 2.55 bits per heavy atom. The van der Waals surface area contributed by atoms with Crippen LogP contribution in [-0.2, 0) is 17.1 Å². The van der Waals surface area contributed by atoms with E-state index in [-0.39, 0.29) is 16.5 Å². The highest BCUT2D eigenvalue weighted by molar-refractivity contribution is 7.89. The lowest BCUT2D eigenvalue weighted by Crippen LogP contribution is -2.33. The summed E-state index contributed by atoms with van der Waals surface area (Å²) in [6, 6.07) is 0.948. The van der Waals surface area contributed by atoms with Crippen LogP contribution in [0.2, 0.25) is 0 Å². The number of aromatic nitrogens is 3. The molecule has 2 heterocycles. The quantitative estimate of drug-likeness (QED) is 0.663. The smallest absolute Gasteiger partial charge is 0.268 e. The molecule has 9 nitrogen and oxygen atoms in total. The average molecular weight is 424 g/mol. The number of carbonyl (C=O) groups excluding carboxylic acids is 1. The van der Waals surface area contributed by atoms with Crippen LogP contribution in [0, 0.1) is 5.92 Å². The van der Waals surface area contributed by atoms with Gasteiger partial charge in [0.1, 0.15) is 16.6 Å². The molecule has 2 aromatic heterocycles. The first-order valence-electron chi connectivity index (χ1n) is 9.99. The molecule has 0 aliphatic heterocycles. The molecule has 1 N–H and O–H groups in total. The number of amides is 1. The van der Waals surface area contributed by atoms with Gasteiger partial charge in [-0.05, 0) is 24.8 Å². The number of nitrogens with one attached hydrogen (secondary N) is 1. The predicted octanol–water partition coefficient (Wildman–Crippen LogP) is 2.44. The summed E-state index contributed by atoms with van der Waals surface area (Å²) in [5.41, 5.74) is 0.253. The fourth-order valence-electron chi connectivity index (χ4n) is 3.22. The van der Waals surface area contributed by atoms with Gasteiger partial charge in [-0.2, -0.15) is 9.29 Å². The number of aryl methyl sites for hydroxylation is 1. The van der Waals surface area contributed by atoms with E-state index >= 15 is 0 Å².